The van der Waals surface area contributed by atoms with Crippen LogP contribution in [0.25, 0.3) is 33.4 Å². The first kappa shape index (κ1) is 27.3. The van der Waals surface area contributed by atoms with Gasteiger partial charge in [0.1, 0.15) is 5.82 Å². The number of hydrogen-bond donors (Lipinski definition) is 2. The maximum absolute atomic E-state index is 7.96. The molecule has 0 aliphatic heterocycles. The summed E-state index contributed by atoms with van der Waals surface area (Å²) in [6, 6.07) is 18.2. The number of anilines is 1. The van der Waals surface area contributed by atoms with Crippen molar-refractivity contribution < 1.29 is 26.2 Å². The summed E-state index contributed by atoms with van der Waals surface area (Å²) in [4.78, 5) is 9.70. The van der Waals surface area contributed by atoms with Gasteiger partial charge in [0.2, 0.25) is 0 Å². The van der Waals surface area contributed by atoms with E-state index < -0.39 is 0 Å². The van der Waals surface area contributed by atoms with Crippen molar-refractivity contribution in [1.82, 2.24) is 19.6 Å². The van der Waals surface area contributed by atoms with Gasteiger partial charge >= 0.3 is 0 Å². The second-order valence-corrected chi connectivity index (χ2v) is 9.62. The Hall–Kier alpha value is -3.70. The molecule has 2 aromatic carbocycles. The van der Waals surface area contributed by atoms with Crippen LogP contribution in [0.5, 0.6) is 0 Å². The zero-order valence-electron chi connectivity index (χ0n) is 21.6. The van der Waals surface area contributed by atoms with Crippen LogP contribution in [0.15, 0.2) is 79.8 Å². The van der Waals surface area contributed by atoms with Crippen molar-refractivity contribution in [3.63, 3.8) is 0 Å². The third-order valence-electron chi connectivity index (χ3n) is 6.63. The van der Waals surface area contributed by atoms with Crippen LogP contribution in [0, 0.1) is 0 Å². The zero-order chi connectivity index (χ0) is 25.9. The van der Waals surface area contributed by atoms with Gasteiger partial charge in [0.15, 0.2) is 5.65 Å². The van der Waals surface area contributed by atoms with Crippen LogP contribution in [0.4, 0.5) is 11.5 Å². The van der Waals surface area contributed by atoms with Crippen molar-refractivity contribution in [1.29, 1.82) is 0 Å². The Kier molecular flexibility index (Phi) is 8.48. The van der Waals surface area contributed by atoms with E-state index in [1.807, 2.05) is 41.2 Å². The average molecular weight is 675 g/mol. The number of nitrogens with zero attached hydrogens (tertiary/aromatic N) is 4. The molecule has 1 aliphatic rings. The summed E-state index contributed by atoms with van der Waals surface area (Å²) in [7, 11) is 0. The molecule has 0 atom stereocenters. The summed E-state index contributed by atoms with van der Waals surface area (Å²) in [5.41, 5.74) is 15.0. The molecule has 0 saturated heterocycles. The first-order chi connectivity index (χ1) is 18.0. The minimum absolute atomic E-state index is 0. The van der Waals surface area contributed by atoms with Crippen molar-refractivity contribution in [2.24, 2.45) is 0 Å². The summed E-state index contributed by atoms with van der Waals surface area (Å²) in [6.07, 6.45) is 6.95. The van der Waals surface area contributed by atoms with Crippen LogP contribution in [0.1, 0.15) is 55.3 Å². The molecular formula is C30H31N6OW-. The summed E-state index contributed by atoms with van der Waals surface area (Å²) < 4.78 is 1.94. The molecule has 5 aromatic rings. The van der Waals surface area contributed by atoms with Gasteiger partial charge in [0.25, 0.3) is 0 Å². The van der Waals surface area contributed by atoms with E-state index in [0.717, 1.165) is 51.0 Å². The predicted molar refractivity (Wildman–Crippen MR) is 150 cm³/mol. The number of aliphatic hydroxyl groups excluding tert-OH is 1. The number of fused-ring (bicyclic) bond motifs is 2. The van der Waals surface area contributed by atoms with Gasteiger partial charge in [-0.25, -0.2) is 4.98 Å². The summed E-state index contributed by atoms with van der Waals surface area (Å²) in [5, 5.41) is 17.7. The Morgan fingerprint density at radius 2 is 1.92 bits per heavy atom. The molecule has 38 heavy (non-hydrogen) atoms. The minimum Gasteiger partial charge on any atom is -0.699 e. The third kappa shape index (κ3) is 5.58. The molecule has 194 valence electrons. The fourth-order valence-electron chi connectivity index (χ4n) is 4.60. The number of hydrogen-bond acceptors (Lipinski definition) is 5. The molecule has 8 heteroatoms. The standard InChI is InChI=1S/C28H27N6.C2H4O.W/c1-17(2)24-16-32-34-26(14-25(18-7-8-18)33-28(24)34)31-15-20-5-3-4-6-22(20)27-23-10-9-21(29)13-19(23)11-12-30-27;1-2-3;/h3-6,9-14,16-18,29,31H,7-8,15H2,1-2H3;2-3H,1H2;/q-1;;. The van der Waals surface area contributed by atoms with Crippen LogP contribution in [0.2, 0.25) is 0 Å². The molecule has 6 rings (SSSR count). The van der Waals surface area contributed by atoms with Gasteiger partial charge in [0.05, 0.1) is 18.2 Å². The molecule has 0 radical (unpaired) electrons. The van der Waals surface area contributed by atoms with Gasteiger partial charge < -0.3 is 16.2 Å². The van der Waals surface area contributed by atoms with Crippen LogP contribution >= 0.6 is 0 Å². The van der Waals surface area contributed by atoms with Crippen LogP contribution in [-0.4, -0.2) is 24.7 Å². The minimum atomic E-state index is 0. The van der Waals surface area contributed by atoms with E-state index in [-0.39, 0.29) is 21.1 Å². The second kappa shape index (κ2) is 11.8. The van der Waals surface area contributed by atoms with E-state index in [4.69, 9.17) is 20.8 Å². The molecular weight excluding hydrogens is 644 g/mol. The van der Waals surface area contributed by atoms with Crippen molar-refractivity contribution in [3.8, 4) is 11.3 Å². The summed E-state index contributed by atoms with van der Waals surface area (Å²) in [5.74, 6) is 1.91. The molecule has 0 unspecified atom stereocenters. The number of benzene rings is 2. The maximum atomic E-state index is 7.96. The molecule has 0 bridgehead atoms. The Morgan fingerprint density at radius 1 is 1.16 bits per heavy atom. The second-order valence-electron chi connectivity index (χ2n) is 9.62. The van der Waals surface area contributed by atoms with E-state index in [0.29, 0.717) is 24.1 Å². The first-order valence-electron chi connectivity index (χ1n) is 12.6. The molecule has 0 amide bonds. The Balaban J connectivity index is 0.000000804. The number of rotatable bonds is 6. The molecule has 1 aliphatic carbocycles. The summed E-state index contributed by atoms with van der Waals surface area (Å²) in [6.45, 7) is 7.93. The van der Waals surface area contributed by atoms with Crippen LogP contribution in [0.3, 0.4) is 0 Å². The smallest absolute Gasteiger partial charge is 0.161 e. The van der Waals surface area contributed by atoms with Gasteiger partial charge in [0, 0.05) is 68.0 Å². The normalized spacial score (nSPS) is 12.6. The van der Waals surface area contributed by atoms with E-state index >= 15 is 0 Å². The van der Waals surface area contributed by atoms with Crippen molar-refractivity contribution >= 4 is 27.9 Å². The Morgan fingerprint density at radius 3 is 2.66 bits per heavy atom. The number of aromatic nitrogens is 4. The molecule has 1 fully saturated rings. The van der Waals surface area contributed by atoms with Gasteiger partial charge in [-0.3, -0.25) is 4.98 Å². The van der Waals surface area contributed by atoms with Crippen LogP contribution < -0.4 is 5.32 Å². The van der Waals surface area contributed by atoms with Gasteiger partial charge in [-0.05, 0) is 35.8 Å². The predicted octanol–water partition coefficient (Wildman–Crippen LogP) is 7.93. The largest absolute Gasteiger partial charge is 0.699 e. The topological polar surface area (TPSA) is 99.1 Å². The molecule has 7 nitrogen and oxygen atoms in total. The SMILES string of the molecule is C=CO.CC(C)c1cnn2c(NCc3ccccc3-c3nccc4cc([NH-])ccc34)cc(C3CC3)nc12.[W]. The van der Waals surface area contributed by atoms with Crippen molar-refractivity contribution in [2.45, 2.75) is 45.1 Å². The molecule has 3 aromatic heterocycles. The van der Waals surface area contributed by atoms with E-state index in [1.54, 1.807) is 0 Å². The molecule has 0 spiro atoms. The van der Waals surface area contributed by atoms with E-state index in [9.17, 15) is 0 Å². The van der Waals surface area contributed by atoms with Crippen molar-refractivity contribution in [2.75, 3.05) is 5.32 Å². The van der Waals surface area contributed by atoms with Gasteiger partial charge in [-0.1, -0.05) is 62.9 Å². The number of pyridine rings is 1. The average Bonchev–Trinajstić information content (AvgIpc) is 3.66. The quantitative estimate of drug-likeness (QED) is 0.178. The Labute approximate surface area is 237 Å². The zero-order valence-corrected chi connectivity index (χ0v) is 24.5. The third-order valence-corrected chi connectivity index (χ3v) is 6.63. The van der Waals surface area contributed by atoms with Gasteiger partial charge in [-0.15, -0.1) is 5.69 Å². The number of nitrogens with one attached hydrogen (secondary N) is 2. The monoisotopic (exact) mass is 675 g/mol. The fourth-order valence-corrected chi connectivity index (χ4v) is 4.60. The fraction of sp³-hybridized carbons (Fsp3) is 0.233. The van der Waals surface area contributed by atoms with Gasteiger partial charge in [-0.2, -0.15) is 9.61 Å². The maximum Gasteiger partial charge on any atom is 0.161 e. The number of aliphatic hydroxyl groups is 1. The first-order valence-corrected chi connectivity index (χ1v) is 12.6. The van der Waals surface area contributed by atoms with Crippen LogP contribution in [-0.2, 0) is 27.6 Å². The molecule has 3 N–H and O–H groups in total. The van der Waals surface area contributed by atoms with Crippen molar-refractivity contribution in [3.05, 3.63) is 102 Å². The molecule has 3 heterocycles. The van der Waals surface area contributed by atoms with E-state index in [2.05, 4.69) is 61.2 Å². The Bertz CT molecular complexity index is 1570. The van der Waals surface area contributed by atoms with E-state index in [1.165, 1.54) is 18.4 Å². The molecule has 1 saturated carbocycles. The summed E-state index contributed by atoms with van der Waals surface area (Å²) >= 11 is 0.